The monoisotopic (exact) mass is 348 g/mol. The standard InChI is InChI=1S/C20H20N4O2/c1-3-14-8-10-15(11-9-14)21-18-12-13-19(24-23-18)22-20(25)16-6-4-5-7-17(16)26-2/h4-13H,3H2,1-2H3,(H,21,23)(H,22,24,25). The van der Waals surface area contributed by atoms with E-state index in [1.54, 1.807) is 30.3 Å². The van der Waals surface area contributed by atoms with E-state index < -0.39 is 0 Å². The predicted octanol–water partition coefficient (Wildman–Crippen LogP) is 4.04. The molecule has 0 radical (unpaired) electrons. The topological polar surface area (TPSA) is 76.1 Å². The van der Waals surface area contributed by atoms with Gasteiger partial charge >= 0.3 is 0 Å². The highest BCUT2D eigenvalue weighted by Gasteiger charge is 2.12. The third kappa shape index (κ3) is 4.16. The van der Waals surface area contributed by atoms with Crippen molar-refractivity contribution in [1.29, 1.82) is 0 Å². The summed E-state index contributed by atoms with van der Waals surface area (Å²) in [7, 11) is 1.53. The summed E-state index contributed by atoms with van der Waals surface area (Å²) in [6, 6.07) is 18.6. The van der Waals surface area contributed by atoms with Crippen LogP contribution in [0.25, 0.3) is 0 Å². The van der Waals surface area contributed by atoms with Crippen molar-refractivity contribution in [3.63, 3.8) is 0 Å². The van der Waals surface area contributed by atoms with Gasteiger partial charge in [0, 0.05) is 5.69 Å². The highest BCUT2D eigenvalue weighted by molar-refractivity contribution is 6.05. The molecule has 3 rings (SSSR count). The highest BCUT2D eigenvalue weighted by atomic mass is 16.5. The quantitative estimate of drug-likeness (QED) is 0.703. The van der Waals surface area contributed by atoms with Gasteiger partial charge in [-0.3, -0.25) is 4.79 Å². The molecule has 1 aromatic heterocycles. The first-order valence-corrected chi connectivity index (χ1v) is 8.33. The minimum absolute atomic E-state index is 0.299. The van der Waals surface area contributed by atoms with Gasteiger partial charge in [-0.2, -0.15) is 0 Å². The van der Waals surface area contributed by atoms with Gasteiger partial charge in [0.1, 0.15) is 5.75 Å². The van der Waals surface area contributed by atoms with Crippen LogP contribution in [0.2, 0.25) is 0 Å². The fraction of sp³-hybridized carbons (Fsp3) is 0.150. The number of carbonyl (C=O) groups is 1. The average Bonchev–Trinajstić information content (AvgIpc) is 2.70. The zero-order valence-electron chi connectivity index (χ0n) is 14.7. The van der Waals surface area contributed by atoms with E-state index >= 15 is 0 Å². The smallest absolute Gasteiger partial charge is 0.260 e. The zero-order chi connectivity index (χ0) is 18.4. The summed E-state index contributed by atoms with van der Waals surface area (Å²) in [5, 5.41) is 14.0. The van der Waals surface area contributed by atoms with Gasteiger partial charge in [0.25, 0.3) is 5.91 Å². The Labute approximate surface area is 152 Å². The summed E-state index contributed by atoms with van der Waals surface area (Å²) in [4.78, 5) is 12.4. The van der Waals surface area contributed by atoms with E-state index in [0.717, 1.165) is 12.1 Å². The molecule has 0 fully saturated rings. The number of ether oxygens (including phenoxy) is 1. The fourth-order valence-corrected chi connectivity index (χ4v) is 2.45. The summed E-state index contributed by atoms with van der Waals surface area (Å²) < 4.78 is 5.20. The van der Waals surface area contributed by atoms with Crippen molar-refractivity contribution in [1.82, 2.24) is 10.2 Å². The molecule has 6 nitrogen and oxygen atoms in total. The molecule has 26 heavy (non-hydrogen) atoms. The van der Waals surface area contributed by atoms with E-state index in [9.17, 15) is 4.79 Å². The maximum Gasteiger partial charge on any atom is 0.260 e. The van der Waals surface area contributed by atoms with Crippen molar-refractivity contribution < 1.29 is 9.53 Å². The molecule has 1 amide bonds. The van der Waals surface area contributed by atoms with Gasteiger partial charge in [-0.1, -0.05) is 31.2 Å². The molecule has 2 N–H and O–H groups in total. The normalized spacial score (nSPS) is 10.2. The van der Waals surface area contributed by atoms with Crippen molar-refractivity contribution in [2.24, 2.45) is 0 Å². The predicted molar refractivity (Wildman–Crippen MR) is 102 cm³/mol. The molecule has 6 heteroatoms. The van der Waals surface area contributed by atoms with Gasteiger partial charge in [-0.05, 0) is 48.4 Å². The Morgan fingerprint density at radius 3 is 2.31 bits per heavy atom. The molecule has 0 aliphatic heterocycles. The first kappa shape index (κ1) is 17.4. The summed E-state index contributed by atoms with van der Waals surface area (Å²) >= 11 is 0. The van der Waals surface area contributed by atoms with Gasteiger partial charge in [-0.15, -0.1) is 10.2 Å². The van der Waals surface area contributed by atoms with Gasteiger partial charge in [0.15, 0.2) is 11.6 Å². The van der Waals surface area contributed by atoms with Crippen molar-refractivity contribution in [2.75, 3.05) is 17.7 Å². The van der Waals surface area contributed by atoms with E-state index in [4.69, 9.17) is 4.74 Å². The molecule has 1 heterocycles. The lowest BCUT2D eigenvalue weighted by molar-refractivity contribution is 0.102. The lowest BCUT2D eigenvalue weighted by Gasteiger charge is -2.09. The number of nitrogens with one attached hydrogen (secondary N) is 2. The van der Waals surface area contributed by atoms with Crippen LogP contribution in [-0.2, 0) is 6.42 Å². The van der Waals surface area contributed by atoms with Crippen LogP contribution in [0.1, 0.15) is 22.8 Å². The Morgan fingerprint density at radius 2 is 1.65 bits per heavy atom. The van der Waals surface area contributed by atoms with E-state index in [1.165, 1.54) is 12.7 Å². The number of methoxy groups -OCH3 is 1. The largest absolute Gasteiger partial charge is 0.496 e. The molecule has 0 atom stereocenters. The molecule has 3 aromatic rings. The van der Waals surface area contributed by atoms with Crippen LogP contribution >= 0.6 is 0 Å². The Hall–Kier alpha value is -3.41. The molecule has 0 aliphatic carbocycles. The van der Waals surface area contributed by atoms with Crippen LogP contribution < -0.4 is 15.4 Å². The number of rotatable bonds is 6. The maximum atomic E-state index is 12.4. The van der Waals surface area contributed by atoms with Crippen molar-refractivity contribution in [2.45, 2.75) is 13.3 Å². The zero-order valence-corrected chi connectivity index (χ0v) is 14.7. The second-order valence-corrected chi connectivity index (χ2v) is 5.63. The average molecular weight is 348 g/mol. The van der Waals surface area contributed by atoms with Crippen LogP contribution in [0, 0.1) is 0 Å². The number of nitrogens with zero attached hydrogens (tertiary/aromatic N) is 2. The molecule has 132 valence electrons. The van der Waals surface area contributed by atoms with E-state index in [1.807, 2.05) is 18.2 Å². The van der Waals surface area contributed by atoms with E-state index in [2.05, 4.69) is 39.9 Å². The number of hydrogen-bond acceptors (Lipinski definition) is 5. The van der Waals surface area contributed by atoms with Crippen LogP contribution in [0.5, 0.6) is 5.75 Å². The van der Waals surface area contributed by atoms with Gasteiger partial charge in [0.2, 0.25) is 0 Å². The number of para-hydroxylation sites is 1. The molecular formula is C20H20N4O2. The third-order valence-electron chi connectivity index (χ3n) is 3.89. The number of carbonyl (C=O) groups excluding carboxylic acids is 1. The number of benzene rings is 2. The Balaban J connectivity index is 1.66. The number of aryl methyl sites for hydroxylation is 1. The SMILES string of the molecule is CCc1ccc(Nc2ccc(NC(=O)c3ccccc3OC)nn2)cc1. The summed E-state index contributed by atoms with van der Waals surface area (Å²) in [6.07, 6.45) is 1.00. The Bertz CT molecular complexity index is 877. The van der Waals surface area contributed by atoms with Crippen molar-refractivity contribution >= 4 is 23.2 Å². The summed E-state index contributed by atoms with van der Waals surface area (Å²) in [5.74, 6) is 1.18. The second-order valence-electron chi connectivity index (χ2n) is 5.63. The lowest BCUT2D eigenvalue weighted by Crippen LogP contribution is -2.14. The number of amides is 1. The van der Waals surface area contributed by atoms with E-state index in [0.29, 0.717) is 22.9 Å². The van der Waals surface area contributed by atoms with E-state index in [-0.39, 0.29) is 5.91 Å². The Kier molecular flexibility index (Phi) is 5.43. The van der Waals surface area contributed by atoms with Gasteiger partial charge < -0.3 is 15.4 Å². The molecule has 0 spiro atoms. The van der Waals surface area contributed by atoms with Crippen LogP contribution in [-0.4, -0.2) is 23.2 Å². The molecule has 0 unspecified atom stereocenters. The highest BCUT2D eigenvalue weighted by Crippen LogP contribution is 2.19. The molecule has 2 aromatic carbocycles. The van der Waals surface area contributed by atoms with Crippen LogP contribution in [0.15, 0.2) is 60.7 Å². The Morgan fingerprint density at radius 1 is 0.962 bits per heavy atom. The molecular weight excluding hydrogens is 328 g/mol. The first-order valence-electron chi connectivity index (χ1n) is 8.33. The second kappa shape index (κ2) is 8.11. The van der Waals surface area contributed by atoms with Gasteiger partial charge in [0.05, 0.1) is 12.7 Å². The van der Waals surface area contributed by atoms with Crippen LogP contribution in [0.3, 0.4) is 0 Å². The first-order chi connectivity index (χ1) is 12.7. The summed E-state index contributed by atoms with van der Waals surface area (Å²) in [5.41, 5.74) is 2.65. The summed E-state index contributed by atoms with van der Waals surface area (Å²) in [6.45, 7) is 2.12. The molecule has 0 aliphatic rings. The number of aromatic nitrogens is 2. The molecule has 0 bridgehead atoms. The minimum atomic E-state index is -0.299. The van der Waals surface area contributed by atoms with Gasteiger partial charge in [-0.25, -0.2) is 0 Å². The molecule has 0 saturated heterocycles. The van der Waals surface area contributed by atoms with Crippen molar-refractivity contribution in [3.8, 4) is 5.75 Å². The lowest BCUT2D eigenvalue weighted by atomic mass is 10.1. The fourth-order valence-electron chi connectivity index (χ4n) is 2.45. The number of anilines is 3. The molecule has 0 saturated carbocycles. The van der Waals surface area contributed by atoms with Crippen molar-refractivity contribution in [3.05, 3.63) is 71.8 Å². The minimum Gasteiger partial charge on any atom is -0.496 e. The van der Waals surface area contributed by atoms with Crippen LogP contribution in [0.4, 0.5) is 17.3 Å². The number of hydrogen-bond donors (Lipinski definition) is 2. The maximum absolute atomic E-state index is 12.4. The third-order valence-corrected chi connectivity index (χ3v) is 3.89.